The molecular weight excluding hydrogens is 285 g/mol. The van der Waals surface area contributed by atoms with Gasteiger partial charge in [-0.15, -0.1) is 0 Å². The summed E-state index contributed by atoms with van der Waals surface area (Å²) in [4.78, 5) is 14.7. The van der Waals surface area contributed by atoms with E-state index in [1.807, 2.05) is 4.90 Å². The first-order chi connectivity index (χ1) is 10.6. The smallest absolute Gasteiger partial charge is 0.254 e. The molecule has 2 fully saturated rings. The zero-order valence-electron chi connectivity index (χ0n) is 12.8. The molecule has 0 spiro atoms. The molecule has 22 heavy (non-hydrogen) atoms. The Kier molecular flexibility index (Phi) is 4.45. The number of benzene rings is 1. The normalized spacial score (nSPS) is 28.9. The lowest BCUT2D eigenvalue weighted by Crippen LogP contribution is -2.48. The molecule has 3 atom stereocenters. The number of halogens is 1. The zero-order valence-corrected chi connectivity index (χ0v) is 12.8. The number of aryl methyl sites for hydroxylation is 1. The molecule has 0 aromatic heterocycles. The summed E-state index contributed by atoms with van der Waals surface area (Å²) >= 11 is 0. The van der Waals surface area contributed by atoms with Crippen molar-refractivity contribution >= 4 is 5.91 Å². The molecule has 1 N–H and O–H groups in total. The van der Waals surface area contributed by atoms with Crippen molar-refractivity contribution in [1.82, 2.24) is 4.90 Å². The largest absolute Gasteiger partial charge is 0.393 e. The van der Waals surface area contributed by atoms with Gasteiger partial charge < -0.3 is 14.7 Å². The Morgan fingerprint density at radius 2 is 2.23 bits per heavy atom. The van der Waals surface area contributed by atoms with E-state index in [0.717, 1.165) is 12.8 Å². The molecule has 0 radical (unpaired) electrons. The molecule has 1 amide bonds. The van der Waals surface area contributed by atoms with Crippen LogP contribution in [0.2, 0.25) is 0 Å². The summed E-state index contributed by atoms with van der Waals surface area (Å²) in [5.41, 5.74) is 1.19. The Bertz CT molecular complexity index is 563. The number of hydrogen-bond acceptors (Lipinski definition) is 3. The van der Waals surface area contributed by atoms with Gasteiger partial charge in [0.2, 0.25) is 0 Å². The van der Waals surface area contributed by atoms with Gasteiger partial charge in [0.05, 0.1) is 12.7 Å². The third kappa shape index (κ3) is 2.88. The number of hydrogen-bond donors (Lipinski definition) is 1. The predicted octanol–water partition coefficient (Wildman–Crippen LogP) is 2.14. The van der Waals surface area contributed by atoms with E-state index in [-0.39, 0.29) is 23.7 Å². The van der Waals surface area contributed by atoms with Gasteiger partial charge in [-0.25, -0.2) is 4.39 Å². The van der Waals surface area contributed by atoms with Gasteiger partial charge >= 0.3 is 0 Å². The maximum Gasteiger partial charge on any atom is 0.254 e. The number of aliphatic hydroxyl groups is 1. The van der Waals surface area contributed by atoms with Crippen LogP contribution >= 0.6 is 0 Å². The molecule has 2 saturated heterocycles. The molecule has 5 heteroatoms. The Balaban J connectivity index is 1.81. The molecule has 3 rings (SSSR count). The highest BCUT2D eigenvalue weighted by Crippen LogP contribution is 2.31. The summed E-state index contributed by atoms with van der Waals surface area (Å²) in [7, 11) is 0. The standard InChI is InChI=1S/C17H22FNO3/c1-11-9-12(18)4-5-13(11)17(21)19-7-2-3-15(19)14-10-22-8-6-16(14)20/h4-5,9,14-16,20H,2-3,6-8,10H2,1H3/t14-,15-,16+/m1/s1. The molecular formula is C17H22FNO3. The molecule has 0 bridgehead atoms. The van der Waals surface area contributed by atoms with Gasteiger partial charge in [-0.1, -0.05) is 0 Å². The molecule has 0 saturated carbocycles. The van der Waals surface area contributed by atoms with Gasteiger partial charge in [0, 0.05) is 30.7 Å². The van der Waals surface area contributed by atoms with E-state index in [1.165, 1.54) is 12.1 Å². The quantitative estimate of drug-likeness (QED) is 0.910. The highest BCUT2D eigenvalue weighted by atomic mass is 19.1. The molecule has 4 nitrogen and oxygen atoms in total. The fourth-order valence-electron chi connectivity index (χ4n) is 3.63. The summed E-state index contributed by atoms with van der Waals surface area (Å²) in [6.45, 7) is 3.51. The number of carbonyl (C=O) groups excluding carboxylic acids is 1. The van der Waals surface area contributed by atoms with Crippen LogP contribution in [0.5, 0.6) is 0 Å². The molecule has 2 heterocycles. The zero-order chi connectivity index (χ0) is 15.7. The van der Waals surface area contributed by atoms with E-state index in [4.69, 9.17) is 4.74 Å². The van der Waals surface area contributed by atoms with Crippen molar-refractivity contribution < 1.29 is 19.0 Å². The number of ether oxygens (including phenoxy) is 1. The van der Waals surface area contributed by atoms with Crippen LogP contribution in [0, 0.1) is 18.7 Å². The maximum absolute atomic E-state index is 13.2. The second-order valence-corrected chi connectivity index (χ2v) is 6.26. The SMILES string of the molecule is Cc1cc(F)ccc1C(=O)N1CCC[C@@H]1[C@H]1COCC[C@@H]1O. The van der Waals surface area contributed by atoms with Crippen molar-refractivity contribution in [2.75, 3.05) is 19.8 Å². The highest BCUT2D eigenvalue weighted by Gasteiger charge is 2.40. The lowest BCUT2D eigenvalue weighted by atomic mass is 9.89. The molecule has 2 aliphatic heterocycles. The third-order valence-electron chi connectivity index (χ3n) is 4.84. The first kappa shape index (κ1) is 15.4. The van der Waals surface area contributed by atoms with Gasteiger partial charge in [0.15, 0.2) is 0 Å². The minimum absolute atomic E-state index is 0.00672. The maximum atomic E-state index is 13.2. The number of nitrogens with zero attached hydrogens (tertiary/aromatic N) is 1. The number of likely N-dealkylation sites (tertiary alicyclic amines) is 1. The van der Waals surface area contributed by atoms with E-state index < -0.39 is 6.10 Å². The Morgan fingerprint density at radius 3 is 2.95 bits per heavy atom. The Labute approximate surface area is 129 Å². The van der Waals surface area contributed by atoms with Gasteiger partial charge in [-0.2, -0.15) is 0 Å². The molecule has 1 aromatic rings. The fourth-order valence-corrected chi connectivity index (χ4v) is 3.63. The van der Waals surface area contributed by atoms with Crippen LogP contribution < -0.4 is 0 Å². The summed E-state index contributed by atoms with van der Waals surface area (Å²) in [5.74, 6) is -0.429. The number of rotatable bonds is 2. The first-order valence-electron chi connectivity index (χ1n) is 7.91. The monoisotopic (exact) mass is 307 g/mol. The summed E-state index contributed by atoms with van der Waals surface area (Å²) in [6, 6.07) is 4.27. The fraction of sp³-hybridized carbons (Fsp3) is 0.588. The van der Waals surface area contributed by atoms with Crippen molar-refractivity contribution in [2.24, 2.45) is 5.92 Å². The Morgan fingerprint density at radius 1 is 1.41 bits per heavy atom. The minimum Gasteiger partial charge on any atom is -0.393 e. The van der Waals surface area contributed by atoms with Crippen LogP contribution in [0.4, 0.5) is 4.39 Å². The topological polar surface area (TPSA) is 49.8 Å². The first-order valence-corrected chi connectivity index (χ1v) is 7.91. The molecule has 0 unspecified atom stereocenters. The van der Waals surface area contributed by atoms with E-state index in [0.29, 0.717) is 37.3 Å². The minimum atomic E-state index is -0.415. The molecule has 0 aliphatic carbocycles. The lowest BCUT2D eigenvalue weighted by Gasteiger charge is -2.37. The second-order valence-electron chi connectivity index (χ2n) is 6.26. The molecule has 2 aliphatic rings. The second kappa shape index (κ2) is 6.34. The van der Waals surface area contributed by atoms with E-state index in [9.17, 15) is 14.3 Å². The van der Waals surface area contributed by atoms with E-state index in [1.54, 1.807) is 13.0 Å². The van der Waals surface area contributed by atoms with E-state index >= 15 is 0 Å². The van der Waals surface area contributed by atoms with Crippen molar-refractivity contribution in [3.63, 3.8) is 0 Å². The number of aliphatic hydroxyl groups excluding tert-OH is 1. The van der Waals surface area contributed by atoms with Crippen molar-refractivity contribution in [3.8, 4) is 0 Å². The Hall–Kier alpha value is -1.46. The third-order valence-corrected chi connectivity index (χ3v) is 4.84. The summed E-state index contributed by atoms with van der Waals surface area (Å²) in [5, 5.41) is 10.2. The van der Waals surface area contributed by atoms with Crippen molar-refractivity contribution in [2.45, 2.75) is 38.3 Å². The highest BCUT2D eigenvalue weighted by molar-refractivity contribution is 5.96. The predicted molar refractivity (Wildman–Crippen MR) is 80.1 cm³/mol. The van der Waals surface area contributed by atoms with E-state index in [2.05, 4.69) is 0 Å². The van der Waals surface area contributed by atoms with Crippen LogP contribution in [-0.4, -0.2) is 47.8 Å². The molecule has 1 aromatic carbocycles. The van der Waals surface area contributed by atoms with Gasteiger partial charge in [0.25, 0.3) is 5.91 Å². The van der Waals surface area contributed by atoms with Gasteiger partial charge in [-0.3, -0.25) is 4.79 Å². The number of amides is 1. The van der Waals surface area contributed by atoms with Crippen LogP contribution in [-0.2, 0) is 4.74 Å². The van der Waals surface area contributed by atoms with Crippen molar-refractivity contribution in [1.29, 1.82) is 0 Å². The van der Waals surface area contributed by atoms with Crippen LogP contribution in [0.3, 0.4) is 0 Å². The van der Waals surface area contributed by atoms with Crippen LogP contribution in [0.25, 0.3) is 0 Å². The average molecular weight is 307 g/mol. The average Bonchev–Trinajstić information content (AvgIpc) is 2.96. The lowest BCUT2D eigenvalue weighted by molar-refractivity contribution is -0.0589. The van der Waals surface area contributed by atoms with Crippen LogP contribution in [0.15, 0.2) is 18.2 Å². The summed E-state index contributed by atoms with van der Waals surface area (Å²) < 4.78 is 18.7. The van der Waals surface area contributed by atoms with Crippen molar-refractivity contribution in [3.05, 3.63) is 35.1 Å². The van der Waals surface area contributed by atoms with Gasteiger partial charge in [0.1, 0.15) is 5.82 Å². The van der Waals surface area contributed by atoms with Gasteiger partial charge in [-0.05, 0) is 49.9 Å². The van der Waals surface area contributed by atoms with Crippen LogP contribution in [0.1, 0.15) is 35.2 Å². The number of carbonyl (C=O) groups is 1. The summed E-state index contributed by atoms with van der Waals surface area (Å²) in [6.07, 6.45) is 2.02. The molecule has 120 valence electrons.